The van der Waals surface area contributed by atoms with Crippen molar-refractivity contribution in [1.29, 1.82) is 0 Å². The lowest BCUT2D eigenvalue weighted by atomic mass is 10.2. The predicted molar refractivity (Wildman–Crippen MR) is 94.5 cm³/mol. The number of hydrogen-bond acceptors (Lipinski definition) is 5. The van der Waals surface area contributed by atoms with Crippen molar-refractivity contribution in [2.45, 2.75) is 26.4 Å². The highest BCUT2D eigenvalue weighted by Crippen LogP contribution is 2.12. The lowest BCUT2D eigenvalue weighted by Gasteiger charge is -2.36. The number of amides is 2. The third-order valence-electron chi connectivity index (χ3n) is 4.39. The van der Waals surface area contributed by atoms with Gasteiger partial charge >= 0.3 is 6.09 Å². The van der Waals surface area contributed by atoms with Gasteiger partial charge in [-0.15, -0.1) is 0 Å². The van der Waals surface area contributed by atoms with Gasteiger partial charge in [-0.2, -0.15) is 0 Å². The number of carbonyl (C=O) groups excluding carboxylic acids is 2. The fraction of sp³-hybridized carbons (Fsp3) is 0.556. The lowest BCUT2D eigenvalue weighted by Crippen LogP contribution is -2.54. The quantitative estimate of drug-likeness (QED) is 0.842. The van der Waals surface area contributed by atoms with Crippen LogP contribution in [0, 0.1) is 0 Å². The molecule has 1 N–H and O–H groups in total. The molecule has 0 aliphatic carbocycles. The van der Waals surface area contributed by atoms with Gasteiger partial charge in [-0.05, 0) is 31.5 Å². The molecule has 0 radical (unpaired) electrons. The Morgan fingerprint density at radius 2 is 1.80 bits per heavy atom. The first-order chi connectivity index (χ1) is 12.0. The van der Waals surface area contributed by atoms with E-state index < -0.39 is 0 Å². The molecule has 25 heavy (non-hydrogen) atoms. The average Bonchev–Trinajstić information content (AvgIpc) is 2.66. The second-order valence-electron chi connectivity index (χ2n) is 5.96. The summed E-state index contributed by atoms with van der Waals surface area (Å²) in [5.74, 6) is 0.781. The van der Waals surface area contributed by atoms with Crippen LogP contribution in [0.5, 0.6) is 5.75 Å². The number of hydrogen-bond donors (Lipinski definition) is 1. The maximum absolute atomic E-state index is 12.4. The third-order valence-corrected chi connectivity index (χ3v) is 4.39. The highest BCUT2D eigenvalue weighted by Gasteiger charge is 2.27. The van der Waals surface area contributed by atoms with Gasteiger partial charge in [0, 0.05) is 32.7 Å². The highest BCUT2D eigenvalue weighted by molar-refractivity contribution is 5.81. The van der Waals surface area contributed by atoms with Crippen molar-refractivity contribution in [2.75, 3.05) is 39.9 Å². The summed E-state index contributed by atoms with van der Waals surface area (Å²) >= 11 is 0. The Morgan fingerprint density at radius 1 is 1.16 bits per heavy atom. The van der Waals surface area contributed by atoms with Crippen LogP contribution in [0.15, 0.2) is 24.3 Å². The molecule has 1 atom stereocenters. The van der Waals surface area contributed by atoms with E-state index in [1.54, 1.807) is 18.9 Å². The highest BCUT2D eigenvalue weighted by atomic mass is 16.6. The monoisotopic (exact) mass is 349 g/mol. The van der Waals surface area contributed by atoms with Gasteiger partial charge < -0.3 is 19.7 Å². The molecule has 0 spiro atoms. The second-order valence-corrected chi connectivity index (χ2v) is 5.96. The maximum Gasteiger partial charge on any atom is 0.409 e. The Hall–Kier alpha value is -2.28. The number of nitrogens with zero attached hydrogens (tertiary/aromatic N) is 2. The van der Waals surface area contributed by atoms with E-state index in [-0.39, 0.29) is 18.0 Å². The summed E-state index contributed by atoms with van der Waals surface area (Å²) in [6.07, 6.45) is -0.279. The molecule has 1 heterocycles. The molecule has 0 saturated carbocycles. The number of methoxy groups -OCH3 is 1. The smallest absolute Gasteiger partial charge is 0.409 e. The number of benzene rings is 1. The normalized spacial score (nSPS) is 16.2. The van der Waals surface area contributed by atoms with E-state index in [9.17, 15) is 9.59 Å². The van der Waals surface area contributed by atoms with Crippen molar-refractivity contribution in [3.63, 3.8) is 0 Å². The van der Waals surface area contributed by atoms with Gasteiger partial charge in [0.05, 0.1) is 19.8 Å². The molecule has 0 aromatic heterocycles. The Labute approximate surface area is 148 Å². The zero-order chi connectivity index (χ0) is 18.2. The van der Waals surface area contributed by atoms with Gasteiger partial charge in [-0.1, -0.05) is 12.1 Å². The molecular formula is C18H27N3O4. The molecule has 1 fully saturated rings. The largest absolute Gasteiger partial charge is 0.497 e. The summed E-state index contributed by atoms with van der Waals surface area (Å²) in [7, 11) is 1.63. The Kier molecular flexibility index (Phi) is 7.06. The first-order valence-electron chi connectivity index (χ1n) is 8.61. The van der Waals surface area contributed by atoms with Crippen molar-refractivity contribution in [3.05, 3.63) is 29.8 Å². The molecule has 2 rings (SSSR count). The van der Waals surface area contributed by atoms with E-state index in [4.69, 9.17) is 9.47 Å². The third kappa shape index (κ3) is 5.35. The molecule has 0 unspecified atom stereocenters. The molecule has 7 heteroatoms. The van der Waals surface area contributed by atoms with Crippen LogP contribution in [0.25, 0.3) is 0 Å². The zero-order valence-electron chi connectivity index (χ0n) is 15.2. The second kappa shape index (κ2) is 9.27. The summed E-state index contributed by atoms with van der Waals surface area (Å²) in [6.45, 7) is 7.03. The summed E-state index contributed by atoms with van der Waals surface area (Å²) in [4.78, 5) is 27.8. The van der Waals surface area contributed by atoms with Crippen LogP contribution < -0.4 is 10.1 Å². The van der Waals surface area contributed by atoms with Crippen LogP contribution in [0.2, 0.25) is 0 Å². The minimum absolute atomic E-state index is 0.0135. The van der Waals surface area contributed by atoms with Gasteiger partial charge in [0.25, 0.3) is 0 Å². The van der Waals surface area contributed by atoms with Crippen LogP contribution in [-0.2, 0) is 16.1 Å². The van der Waals surface area contributed by atoms with Gasteiger partial charge in [0.2, 0.25) is 5.91 Å². The Morgan fingerprint density at radius 3 is 2.36 bits per heavy atom. The first-order valence-corrected chi connectivity index (χ1v) is 8.61. The summed E-state index contributed by atoms with van der Waals surface area (Å²) in [5.41, 5.74) is 1.02. The molecular weight excluding hydrogens is 322 g/mol. The first kappa shape index (κ1) is 19.1. The molecule has 0 bridgehead atoms. The van der Waals surface area contributed by atoms with Crippen LogP contribution in [0.1, 0.15) is 19.4 Å². The lowest BCUT2D eigenvalue weighted by molar-refractivity contribution is -0.126. The summed E-state index contributed by atoms with van der Waals surface area (Å²) in [6, 6.07) is 7.38. The van der Waals surface area contributed by atoms with Gasteiger partial charge in [-0.25, -0.2) is 4.79 Å². The zero-order valence-corrected chi connectivity index (χ0v) is 15.2. The van der Waals surface area contributed by atoms with Crippen molar-refractivity contribution >= 4 is 12.0 Å². The molecule has 7 nitrogen and oxygen atoms in total. The maximum atomic E-state index is 12.4. The molecule has 1 aliphatic heterocycles. The summed E-state index contributed by atoms with van der Waals surface area (Å²) in [5, 5.41) is 2.96. The molecule has 1 aliphatic rings. The number of piperazine rings is 1. The van der Waals surface area contributed by atoms with Crippen LogP contribution in [0.3, 0.4) is 0 Å². The fourth-order valence-electron chi connectivity index (χ4n) is 2.75. The standard InChI is InChI=1S/C18H27N3O4/c1-4-25-18(23)21-11-9-20(10-12-21)14(2)17(22)19-13-15-5-7-16(24-3)8-6-15/h5-8,14H,4,9-13H2,1-3H3,(H,19,22)/t14-/m1/s1. The number of ether oxygens (including phenoxy) is 2. The van der Waals surface area contributed by atoms with E-state index in [1.165, 1.54) is 0 Å². The van der Waals surface area contributed by atoms with Crippen LogP contribution >= 0.6 is 0 Å². The SMILES string of the molecule is CCOC(=O)N1CCN([C@H](C)C(=O)NCc2ccc(OC)cc2)CC1. The fourth-order valence-corrected chi connectivity index (χ4v) is 2.75. The van der Waals surface area contributed by atoms with Crippen molar-refractivity contribution in [1.82, 2.24) is 15.1 Å². The van der Waals surface area contributed by atoms with Gasteiger partial charge in [0.15, 0.2) is 0 Å². The van der Waals surface area contributed by atoms with E-state index in [1.807, 2.05) is 31.2 Å². The molecule has 2 amide bonds. The van der Waals surface area contributed by atoms with E-state index in [0.29, 0.717) is 39.3 Å². The number of nitrogens with one attached hydrogen (secondary N) is 1. The average molecular weight is 349 g/mol. The van der Waals surface area contributed by atoms with Crippen LogP contribution in [0.4, 0.5) is 4.79 Å². The molecule has 1 saturated heterocycles. The van der Waals surface area contributed by atoms with Gasteiger partial charge in [0.1, 0.15) is 5.75 Å². The molecule has 1 aromatic carbocycles. The number of rotatable bonds is 6. The van der Waals surface area contributed by atoms with E-state index in [2.05, 4.69) is 10.2 Å². The Balaban J connectivity index is 1.77. The van der Waals surface area contributed by atoms with Crippen molar-refractivity contribution < 1.29 is 19.1 Å². The predicted octanol–water partition coefficient (Wildman–Crippen LogP) is 1.47. The topological polar surface area (TPSA) is 71.1 Å². The van der Waals surface area contributed by atoms with Crippen molar-refractivity contribution in [2.24, 2.45) is 0 Å². The Bertz CT molecular complexity index is 568. The minimum Gasteiger partial charge on any atom is -0.497 e. The molecule has 1 aromatic rings. The van der Waals surface area contributed by atoms with Crippen molar-refractivity contribution in [3.8, 4) is 5.75 Å². The molecule has 138 valence electrons. The summed E-state index contributed by atoms with van der Waals surface area (Å²) < 4.78 is 10.1. The van der Waals surface area contributed by atoms with Gasteiger partial charge in [-0.3, -0.25) is 9.69 Å². The van der Waals surface area contributed by atoms with E-state index in [0.717, 1.165) is 11.3 Å². The number of carbonyl (C=O) groups is 2. The van der Waals surface area contributed by atoms with Crippen LogP contribution in [-0.4, -0.2) is 67.7 Å². The minimum atomic E-state index is -0.279. The van der Waals surface area contributed by atoms with E-state index >= 15 is 0 Å².